The van der Waals surface area contributed by atoms with E-state index in [1.807, 2.05) is 63.2 Å². The molecule has 2 heterocycles. The highest BCUT2D eigenvalue weighted by molar-refractivity contribution is 6.99. The number of nitrogens with zero attached hydrogens (tertiary/aromatic N) is 2. The number of anilines is 1. The molecule has 0 aliphatic carbocycles. The summed E-state index contributed by atoms with van der Waals surface area (Å²) in [5, 5.41) is 13.2. The lowest BCUT2D eigenvalue weighted by molar-refractivity contribution is -0.125. The van der Waals surface area contributed by atoms with Crippen LogP contribution < -0.4 is 15.3 Å². The predicted molar refractivity (Wildman–Crippen MR) is 139 cm³/mol. The zero-order valence-corrected chi connectivity index (χ0v) is 21.8. The van der Waals surface area contributed by atoms with Crippen molar-refractivity contribution in [2.45, 2.75) is 58.9 Å². The van der Waals surface area contributed by atoms with Crippen molar-refractivity contribution in [1.82, 2.24) is 4.98 Å². The second-order valence-corrected chi connectivity index (χ2v) is 15.0. The maximum atomic E-state index is 13.9. The van der Waals surface area contributed by atoms with Gasteiger partial charge in [-0.05, 0) is 34.0 Å². The quantitative estimate of drug-likeness (QED) is 0.567. The molecule has 1 aliphatic rings. The smallest absolute Gasteiger partial charge is 0.262 e. The standard InChI is InChI=1S/C28H34N2O3Si/c1-20-17-18-23(29-19-20)30-25(31)24(28(5,6)26(30)32)33-34(27(2,3)4,21-13-9-7-10-14-21)22-15-11-8-12-16-22/h7-19,24,26,32H,1-6H3. The highest BCUT2D eigenvalue weighted by Gasteiger charge is 2.60. The number of amides is 1. The number of aromatic nitrogens is 1. The molecule has 1 aliphatic heterocycles. The molecule has 4 rings (SSSR count). The summed E-state index contributed by atoms with van der Waals surface area (Å²) in [6.07, 6.45) is -0.186. The molecule has 0 saturated carbocycles. The number of carbonyl (C=O) groups excluding carboxylic acids is 1. The van der Waals surface area contributed by atoms with Crippen LogP contribution in [0.3, 0.4) is 0 Å². The number of aryl methyl sites for hydroxylation is 1. The zero-order valence-electron chi connectivity index (χ0n) is 20.8. The molecule has 1 aromatic heterocycles. The minimum absolute atomic E-state index is 0.262. The molecule has 1 N–H and O–H groups in total. The topological polar surface area (TPSA) is 62.7 Å². The molecule has 0 radical (unpaired) electrons. The van der Waals surface area contributed by atoms with E-state index < -0.39 is 26.1 Å². The Kier molecular flexibility index (Phi) is 6.27. The van der Waals surface area contributed by atoms with E-state index >= 15 is 0 Å². The molecule has 3 aromatic rings. The highest BCUT2D eigenvalue weighted by atomic mass is 28.4. The molecular weight excluding hydrogens is 440 g/mol. The van der Waals surface area contributed by atoms with Gasteiger partial charge in [0.25, 0.3) is 14.2 Å². The van der Waals surface area contributed by atoms with Crippen LogP contribution in [0.1, 0.15) is 40.2 Å². The van der Waals surface area contributed by atoms with Gasteiger partial charge in [0.2, 0.25) is 0 Å². The van der Waals surface area contributed by atoms with E-state index in [2.05, 4.69) is 50.0 Å². The van der Waals surface area contributed by atoms with E-state index in [9.17, 15) is 9.90 Å². The molecule has 1 amide bonds. The van der Waals surface area contributed by atoms with Gasteiger partial charge in [-0.15, -0.1) is 0 Å². The molecule has 0 spiro atoms. The maximum Gasteiger partial charge on any atom is 0.262 e. The number of hydrogen-bond acceptors (Lipinski definition) is 4. The zero-order chi connectivity index (χ0) is 24.7. The Morgan fingerprint density at radius 1 is 0.941 bits per heavy atom. The molecule has 2 unspecified atom stereocenters. The summed E-state index contributed by atoms with van der Waals surface area (Å²) in [6, 6.07) is 24.2. The Hall–Kier alpha value is -2.80. The monoisotopic (exact) mass is 474 g/mol. The summed E-state index contributed by atoms with van der Waals surface area (Å²) in [5.74, 6) is 0.173. The fraction of sp³-hybridized carbons (Fsp3) is 0.357. The second kappa shape index (κ2) is 8.76. The Morgan fingerprint density at radius 2 is 1.47 bits per heavy atom. The van der Waals surface area contributed by atoms with Crippen molar-refractivity contribution < 1.29 is 14.3 Å². The average molecular weight is 475 g/mol. The number of pyridine rings is 1. The summed E-state index contributed by atoms with van der Waals surface area (Å²) in [4.78, 5) is 19.7. The van der Waals surface area contributed by atoms with Gasteiger partial charge in [0.1, 0.15) is 18.1 Å². The van der Waals surface area contributed by atoms with E-state index in [0.29, 0.717) is 5.82 Å². The van der Waals surface area contributed by atoms with Crippen molar-refractivity contribution in [2.24, 2.45) is 5.41 Å². The van der Waals surface area contributed by atoms with Gasteiger partial charge in [-0.3, -0.25) is 9.69 Å². The average Bonchev–Trinajstić information content (AvgIpc) is 2.97. The minimum Gasteiger partial charge on any atom is -0.395 e. The van der Waals surface area contributed by atoms with Crippen molar-refractivity contribution in [3.8, 4) is 0 Å². The van der Waals surface area contributed by atoms with E-state index in [1.54, 1.807) is 12.3 Å². The number of benzene rings is 2. The lowest BCUT2D eigenvalue weighted by Crippen LogP contribution is -2.69. The summed E-state index contributed by atoms with van der Waals surface area (Å²) >= 11 is 0. The molecule has 34 heavy (non-hydrogen) atoms. The van der Waals surface area contributed by atoms with Crippen LogP contribution >= 0.6 is 0 Å². The molecule has 5 nitrogen and oxygen atoms in total. The van der Waals surface area contributed by atoms with Gasteiger partial charge in [-0.1, -0.05) is 101 Å². The van der Waals surface area contributed by atoms with Gasteiger partial charge in [-0.25, -0.2) is 4.98 Å². The Labute approximate surface area is 203 Å². The van der Waals surface area contributed by atoms with Gasteiger partial charge in [0.15, 0.2) is 0 Å². The largest absolute Gasteiger partial charge is 0.395 e. The fourth-order valence-corrected chi connectivity index (χ4v) is 9.72. The number of aliphatic hydroxyl groups is 1. The van der Waals surface area contributed by atoms with Gasteiger partial charge in [-0.2, -0.15) is 0 Å². The second-order valence-electron chi connectivity index (χ2n) is 10.8. The van der Waals surface area contributed by atoms with Crippen molar-refractivity contribution in [1.29, 1.82) is 0 Å². The molecule has 2 atom stereocenters. The van der Waals surface area contributed by atoms with Crippen molar-refractivity contribution in [3.05, 3.63) is 84.6 Å². The lowest BCUT2D eigenvalue weighted by Gasteiger charge is -2.46. The number of hydrogen-bond donors (Lipinski definition) is 1. The normalized spacial score (nSPS) is 20.6. The molecule has 6 heteroatoms. The first-order valence-corrected chi connectivity index (χ1v) is 13.6. The summed E-state index contributed by atoms with van der Waals surface area (Å²) in [7, 11) is -2.99. The van der Waals surface area contributed by atoms with Crippen LogP contribution in [-0.2, 0) is 9.22 Å². The van der Waals surface area contributed by atoms with Crippen molar-refractivity contribution in [3.63, 3.8) is 0 Å². The van der Waals surface area contributed by atoms with Crippen LogP contribution in [0.25, 0.3) is 0 Å². The van der Waals surface area contributed by atoms with E-state index in [0.717, 1.165) is 15.9 Å². The summed E-state index contributed by atoms with van der Waals surface area (Å²) in [6.45, 7) is 12.3. The highest BCUT2D eigenvalue weighted by Crippen LogP contribution is 2.45. The number of carbonyl (C=O) groups is 1. The van der Waals surface area contributed by atoms with Crippen LogP contribution in [0.5, 0.6) is 0 Å². The first-order valence-electron chi connectivity index (χ1n) is 11.7. The Bertz CT molecular complexity index is 1100. The Balaban J connectivity index is 1.87. The number of aliphatic hydroxyl groups excluding tert-OH is 1. The van der Waals surface area contributed by atoms with Crippen molar-refractivity contribution in [2.75, 3.05) is 4.90 Å². The molecule has 178 valence electrons. The first-order chi connectivity index (χ1) is 16.0. The first kappa shape index (κ1) is 24.3. The van der Waals surface area contributed by atoms with E-state index in [-0.39, 0.29) is 10.9 Å². The third-order valence-corrected chi connectivity index (χ3v) is 11.9. The molecule has 1 fully saturated rings. The van der Waals surface area contributed by atoms with Gasteiger partial charge < -0.3 is 9.53 Å². The third-order valence-electron chi connectivity index (χ3n) is 6.90. The SMILES string of the molecule is Cc1ccc(N2C(=O)C(O[Si](c3ccccc3)(c3ccccc3)C(C)(C)C)C(C)(C)C2O)nc1. The van der Waals surface area contributed by atoms with E-state index in [1.165, 1.54) is 4.90 Å². The molecule has 1 saturated heterocycles. The Morgan fingerprint density at radius 3 is 1.91 bits per heavy atom. The number of rotatable bonds is 5. The predicted octanol–water partition coefficient (Wildman–Crippen LogP) is 4.03. The van der Waals surface area contributed by atoms with E-state index in [4.69, 9.17) is 4.43 Å². The molecule has 0 bridgehead atoms. The van der Waals surface area contributed by atoms with Crippen LogP contribution in [0.15, 0.2) is 79.0 Å². The maximum absolute atomic E-state index is 13.9. The van der Waals surface area contributed by atoms with Gasteiger partial charge in [0, 0.05) is 11.6 Å². The van der Waals surface area contributed by atoms with Crippen LogP contribution in [0.2, 0.25) is 5.04 Å². The molecule has 2 aromatic carbocycles. The van der Waals surface area contributed by atoms with Gasteiger partial charge >= 0.3 is 0 Å². The van der Waals surface area contributed by atoms with Crippen molar-refractivity contribution >= 4 is 30.4 Å². The molecular formula is C28H34N2O3Si. The minimum atomic E-state index is -2.99. The third kappa shape index (κ3) is 3.90. The van der Waals surface area contributed by atoms with Crippen LogP contribution in [0.4, 0.5) is 5.82 Å². The van der Waals surface area contributed by atoms with Crippen LogP contribution in [0, 0.1) is 12.3 Å². The fourth-order valence-electron chi connectivity index (χ4n) is 4.94. The van der Waals surface area contributed by atoms with Crippen LogP contribution in [-0.4, -0.2) is 36.6 Å². The summed E-state index contributed by atoms with van der Waals surface area (Å²) < 4.78 is 7.17. The summed E-state index contributed by atoms with van der Waals surface area (Å²) in [5.41, 5.74) is 0.140. The van der Waals surface area contributed by atoms with Gasteiger partial charge in [0.05, 0.1) is 0 Å². The lowest BCUT2D eigenvalue weighted by atomic mass is 9.88.